The molecule has 0 amide bonds. The van der Waals surface area contributed by atoms with Crippen molar-refractivity contribution in [1.29, 1.82) is 0 Å². The number of nitrogens with zero attached hydrogens (tertiary/aromatic N) is 2. The van der Waals surface area contributed by atoms with Gasteiger partial charge in [0.1, 0.15) is 0 Å². The number of likely N-dealkylation sites (tertiary alicyclic amines) is 1. The van der Waals surface area contributed by atoms with Crippen molar-refractivity contribution >= 4 is 23.2 Å². The quantitative estimate of drug-likeness (QED) is 0.808. The molecule has 1 atom stereocenters. The Kier molecular flexibility index (Phi) is 6.00. The van der Waals surface area contributed by atoms with Gasteiger partial charge < -0.3 is 4.74 Å². The summed E-state index contributed by atoms with van der Waals surface area (Å²) in [5.74, 6) is 0. The van der Waals surface area contributed by atoms with Crippen LogP contribution in [0.15, 0.2) is 18.2 Å². The van der Waals surface area contributed by atoms with E-state index in [-0.39, 0.29) is 0 Å². The van der Waals surface area contributed by atoms with E-state index >= 15 is 0 Å². The van der Waals surface area contributed by atoms with Gasteiger partial charge in [-0.05, 0) is 50.0 Å². The predicted molar refractivity (Wildman–Crippen MR) is 91.9 cm³/mol. The summed E-state index contributed by atoms with van der Waals surface area (Å²) in [5, 5.41) is 1.30. The molecule has 5 heteroatoms. The Labute approximate surface area is 143 Å². The summed E-state index contributed by atoms with van der Waals surface area (Å²) < 4.78 is 5.44. The summed E-state index contributed by atoms with van der Waals surface area (Å²) >= 11 is 12.3. The minimum absolute atomic E-state index is 0.445. The van der Waals surface area contributed by atoms with Crippen LogP contribution in [0.5, 0.6) is 0 Å². The molecule has 2 heterocycles. The average Bonchev–Trinajstić information content (AvgIpc) is 3.06. The van der Waals surface area contributed by atoms with Crippen molar-refractivity contribution in [2.24, 2.45) is 0 Å². The summed E-state index contributed by atoms with van der Waals surface area (Å²) in [4.78, 5) is 5.10. The first-order chi connectivity index (χ1) is 10.7. The van der Waals surface area contributed by atoms with Crippen molar-refractivity contribution in [2.75, 3.05) is 45.9 Å². The molecule has 1 aromatic carbocycles. The van der Waals surface area contributed by atoms with Crippen LogP contribution in [-0.4, -0.2) is 55.7 Å². The van der Waals surface area contributed by atoms with Gasteiger partial charge in [0.05, 0.1) is 23.3 Å². The van der Waals surface area contributed by atoms with E-state index in [1.807, 2.05) is 12.1 Å². The molecular formula is C17H24Cl2N2O. The van der Waals surface area contributed by atoms with Crippen LogP contribution in [0.1, 0.15) is 30.9 Å². The first-order valence-electron chi connectivity index (χ1n) is 8.23. The van der Waals surface area contributed by atoms with Crippen molar-refractivity contribution in [3.8, 4) is 0 Å². The molecule has 1 aromatic rings. The van der Waals surface area contributed by atoms with Gasteiger partial charge in [0.15, 0.2) is 0 Å². The molecule has 0 aliphatic carbocycles. The maximum absolute atomic E-state index is 6.24. The van der Waals surface area contributed by atoms with Gasteiger partial charge in [0.25, 0.3) is 0 Å². The highest BCUT2D eigenvalue weighted by molar-refractivity contribution is 6.42. The predicted octanol–water partition coefficient (Wildman–Crippen LogP) is 3.85. The summed E-state index contributed by atoms with van der Waals surface area (Å²) in [6.45, 7) is 7.32. The van der Waals surface area contributed by atoms with Crippen molar-refractivity contribution < 1.29 is 4.74 Å². The maximum atomic E-state index is 6.24. The zero-order valence-electron chi connectivity index (χ0n) is 12.9. The van der Waals surface area contributed by atoms with E-state index in [1.165, 1.54) is 31.5 Å². The highest BCUT2D eigenvalue weighted by Crippen LogP contribution is 2.32. The third-order valence-corrected chi connectivity index (χ3v) is 5.47. The molecule has 3 nitrogen and oxygen atoms in total. The van der Waals surface area contributed by atoms with Crippen molar-refractivity contribution in [3.63, 3.8) is 0 Å². The summed E-state index contributed by atoms with van der Waals surface area (Å²) in [6, 6.07) is 6.56. The lowest BCUT2D eigenvalue weighted by molar-refractivity contribution is 0.0336. The maximum Gasteiger partial charge on any atom is 0.0595 e. The number of ether oxygens (including phenoxy) is 1. The van der Waals surface area contributed by atoms with E-state index in [9.17, 15) is 0 Å². The highest BCUT2D eigenvalue weighted by Gasteiger charge is 2.24. The first-order valence-corrected chi connectivity index (χ1v) is 8.99. The molecule has 2 aliphatic heterocycles. The van der Waals surface area contributed by atoms with Gasteiger partial charge in [-0.25, -0.2) is 0 Å². The molecule has 122 valence electrons. The smallest absolute Gasteiger partial charge is 0.0595 e. The van der Waals surface area contributed by atoms with Gasteiger partial charge in [0, 0.05) is 25.7 Å². The summed E-state index contributed by atoms with van der Waals surface area (Å²) in [7, 11) is 0. The van der Waals surface area contributed by atoms with Crippen molar-refractivity contribution in [1.82, 2.24) is 9.80 Å². The molecule has 0 saturated carbocycles. The Morgan fingerprint density at radius 2 is 1.73 bits per heavy atom. The van der Waals surface area contributed by atoms with Crippen molar-refractivity contribution in [3.05, 3.63) is 33.8 Å². The van der Waals surface area contributed by atoms with Crippen LogP contribution in [0.2, 0.25) is 10.0 Å². The fourth-order valence-corrected chi connectivity index (χ4v) is 3.77. The number of benzene rings is 1. The Balaban J connectivity index is 1.69. The number of morpholine rings is 1. The van der Waals surface area contributed by atoms with Gasteiger partial charge >= 0.3 is 0 Å². The zero-order valence-corrected chi connectivity index (χ0v) is 14.5. The van der Waals surface area contributed by atoms with Gasteiger partial charge in [-0.3, -0.25) is 9.80 Å². The molecule has 1 unspecified atom stereocenters. The lowest BCUT2D eigenvalue weighted by atomic mass is 10.0. The van der Waals surface area contributed by atoms with Crippen LogP contribution < -0.4 is 0 Å². The lowest BCUT2D eigenvalue weighted by Gasteiger charge is -2.32. The SMILES string of the molecule is Clc1ccc(C(CCN2CCOCC2)N2CCCC2)cc1Cl. The molecule has 0 spiro atoms. The van der Waals surface area contributed by atoms with Gasteiger partial charge in [0.2, 0.25) is 0 Å². The Morgan fingerprint density at radius 3 is 2.41 bits per heavy atom. The van der Waals surface area contributed by atoms with Crippen LogP contribution in [0.4, 0.5) is 0 Å². The number of hydrogen-bond acceptors (Lipinski definition) is 3. The normalized spacial score (nSPS) is 22.1. The minimum Gasteiger partial charge on any atom is -0.379 e. The number of rotatable bonds is 5. The van der Waals surface area contributed by atoms with Crippen LogP contribution >= 0.6 is 23.2 Å². The van der Waals surface area contributed by atoms with E-state index in [4.69, 9.17) is 27.9 Å². The van der Waals surface area contributed by atoms with E-state index in [1.54, 1.807) is 0 Å². The third kappa shape index (κ3) is 4.15. The Hall–Kier alpha value is -0.320. The van der Waals surface area contributed by atoms with Crippen LogP contribution in [-0.2, 0) is 4.74 Å². The molecule has 0 bridgehead atoms. The van der Waals surface area contributed by atoms with Gasteiger partial charge in [-0.15, -0.1) is 0 Å². The van der Waals surface area contributed by atoms with E-state index < -0.39 is 0 Å². The molecule has 2 fully saturated rings. The molecule has 3 rings (SSSR count). The van der Waals surface area contributed by atoms with E-state index in [0.29, 0.717) is 16.1 Å². The Morgan fingerprint density at radius 1 is 1.00 bits per heavy atom. The fourth-order valence-electron chi connectivity index (χ4n) is 3.46. The minimum atomic E-state index is 0.445. The average molecular weight is 343 g/mol. The molecular weight excluding hydrogens is 319 g/mol. The van der Waals surface area contributed by atoms with Crippen LogP contribution in [0.3, 0.4) is 0 Å². The summed E-state index contributed by atoms with van der Waals surface area (Å²) in [6.07, 6.45) is 3.74. The fraction of sp³-hybridized carbons (Fsp3) is 0.647. The van der Waals surface area contributed by atoms with Crippen molar-refractivity contribution in [2.45, 2.75) is 25.3 Å². The summed E-state index contributed by atoms with van der Waals surface area (Å²) in [5.41, 5.74) is 1.30. The zero-order chi connectivity index (χ0) is 15.4. The molecule has 22 heavy (non-hydrogen) atoms. The van der Waals surface area contributed by atoms with Crippen LogP contribution in [0.25, 0.3) is 0 Å². The molecule has 2 aliphatic rings. The Bertz CT molecular complexity index is 486. The second-order valence-corrected chi connectivity index (χ2v) is 6.99. The molecule has 0 aromatic heterocycles. The van der Waals surface area contributed by atoms with E-state index in [2.05, 4.69) is 15.9 Å². The van der Waals surface area contributed by atoms with Crippen LogP contribution in [0, 0.1) is 0 Å². The third-order valence-electron chi connectivity index (χ3n) is 4.73. The second-order valence-electron chi connectivity index (χ2n) is 6.18. The van der Waals surface area contributed by atoms with Gasteiger partial charge in [-0.1, -0.05) is 29.3 Å². The van der Waals surface area contributed by atoms with E-state index in [0.717, 1.165) is 39.3 Å². The molecule has 0 N–H and O–H groups in total. The molecule has 0 radical (unpaired) electrons. The monoisotopic (exact) mass is 342 g/mol. The molecule has 2 saturated heterocycles. The number of hydrogen-bond donors (Lipinski definition) is 0. The highest BCUT2D eigenvalue weighted by atomic mass is 35.5. The second kappa shape index (κ2) is 7.98. The first kappa shape index (κ1) is 16.5. The largest absolute Gasteiger partial charge is 0.379 e. The lowest BCUT2D eigenvalue weighted by Crippen LogP contribution is -2.38. The number of halogens is 2. The topological polar surface area (TPSA) is 15.7 Å². The standard InChI is InChI=1S/C17H24Cl2N2O/c18-15-4-3-14(13-16(15)19)17(21-6-1-2-7-21)5-8-20-9-11-22-12-10-20/h3-4,13,17H,1-2,5-12H2. The van der Waals surface area contributed by atoms with Gasteiger partial charge in [-0.2, -0.15) is 0 Å².